The molecule has 1 fully saturated rings. The van der Waals surface area contributed by atoms with Crippen LogP contribution in [0, 0.1) is 13.8 Å². The highest BCUT2D eigenvalue weighted by Crippen LogP contribution is 2.29. The Morgan fingerprint density at radius 2 is 1.91 bits per heavy atom. The molecule has 3 aromatic rings. The fourth-order valence-electron chi connectivity index (χ4n) is 3.85. The van der Waals surface area contributed by atoms with Crippen LogP contribution in [0.3, 0.4) is 0 Å². The fraction of sp³-hybridized carbons (Fsp3) is 0.308. The summed E-state index contributed by atoms with van der Waals surface area (Å²) in [5, 5.41) is 5.40. The minimum atomic E-state index is 0.0287. The number of aryl methyl sites for hydroxylation is 1. The van der Waals surface area contributed by atoms with Gasteiger partial charge < -0.3 is 9.64 Å². The lowest BCUT2D eigenvalue weighted by atomic mass is 10.1. The van der Waals surface area contributed by atoms with Crippen LogP contribution in [0.25, 0.3) is 6.08 Å². The topological polar surface area (TPSA) is 47.4 Å². The van der Waals surface area contributed by atoms with Crippen LogP contribution in [-0.4, -0.2) is 33.7 Å². The summed E-state index contributed by atoms with van der Waals surface area (Å²) in [7, 11) is 1.65. The van der Waals surface area contributed by atoms with Crippen molar-refractivity contribution in [2.45, 2.75) is 45.8 Å². The van der Waals surface area contributed by atoms with Gasteiger partial charge in [0, 0.05) is 34.9 Å². The van der Waals surface area contributed by atoms with Gasteiger partial charge in [0.05, 0.1) is 19.3 Å². The third-order valence-electron chi connectivity index (χ3n) is 5.89. The Labute approximate surface area is 194 Å². The first kappa shape index (κ1) is 22.2. The van der Waals surface area contributed by atoms with E-state index in [-0.39, 0.29) is 5.91 Å². The van der Waals surface area contributed by atoms with Crippen LogP contribution in [0.4, 0.5) is 0 Å². The largest absolute Gasteiger partial charge is 0.497 e. The van der Waals surface area contributed by atoms with Crippen molar-refractivity contribution in [3.63, 3.8) is 0 Å². The maximum absolute atomic E-state index is 13.1. The quantitative estimate of drug-likeness (QED) is 0.432. The monoisotopic (exact) mass is 449 g/mol. The highest BCUT2D eigenvalue weighted by atomic mass is 35.5. The van der Waals surface area contributed by atoms with Crippen molar-refractivity contribution in [2.24, 2.45) is 0 Å². The minimum Gasteiger partial charge on any atom is -0.497 e. The Morgan fingerprint density at radius 1 is 1.19 bits per heavy atom. The fourth-order valence-corrected chi connectivity index (χ4v) is 4.04. The molecule has 1 heterocycles. The van der Waals surface area contributed by atoms with Crippen LogP contribution in [0.2, 0.25) is 5.02 Å². The summed E-state index contributed by atoms with van der Waals surface area (Å²) in [6.45, 7) is 5.19. The van der Waals surface area contributed by atoms with E-state index in [1.807, 2.05) is 78.0 Å². The van der Waals surface area contributed by atoms with E-state index in [9.17, 15) is 4.79 Å². The van der Waals surface area contributed by atoms with Crippen LogP contribution in [0.15, 0.2) is 54.6 Å². The lowest BCUT2D eigenvalue weighted by Gasteiger charge is -2.21. The van der Waals surface area contributed by atoms with E-state index >= 15 is 0 Å². The van der Waals surface area contributed by atoms with Gasteiger partial charge in [-0.1, -0.05) is 41.9 Å². The molecule has 0 spiro atoms. The Morgan fingerprint density at radius 3 is 2.56 bits per heavy atom. The van der Waals surface area contributed by atoms with Crippen LogP contribution in [0.1, 0.15) is 40.9 Å². The Hall–Kier alpha value is -3.05. The number of carbonyl (C=O) groups excluding carboxylic acids is 1. The van der Waals surface area contributed by atoms with Crippen LogP contribution in [-0.2, 0) is 17.9 Å². The first-order chi connectivity index (χ1) is 15.5. The number of halogens is 1. The zero-order valence-corrected chi connectivity index (χ0v) is 19.5. The molecule has 0 unspecified atom stereocenters. The lowest BCUT2D eigenvalue weighted by Crippen LogP contribution is -2.31. The van der Waals surface area contributed by atoms with Crippen molar-refractivity contribution in [2.75, 3.05) is 7.11 Å². The average molecular weight is 450 g/mol. The van der Waals surface area contributed by atoms with Crippen molar-refractivity contribution >= 4 is 23.6 Å². The second kappa shape index (κ2) is 9.61. The molecule has 1 aromatic heterocycles. The van der Waals surface area contributed by atoms with Gasteiger partial charge in [-0.05, 0) is 62.1 Å². The number of ether oxygens (including phenoxy) is 1. The lowest BCUT2D eigenvalue weighted by molar-refractivity contribution is -0.127. The van der Waals surface area contributed by atoms with Gasteiger partial charge in [0.15, 0.2) is 0 Å². The van der Waals surface area contributed by atoms with Gasteiger partial charge >= 0.3 is 0 Å². The average Bonchev–Trinajstić information content (AvgIpc) is 3.60. The molecule has 1 amide bonds. The molecule has 6 heteroatoms. The predicted octanol–water partition coefficient (Wildman–Crippen LogP) is 5.41. The van der Waals surface area contributed by atoms with Crippen molar-refractivity contribution in [3.05, 3.63) is 87.7 Å². The molecular formula is C26H28ClN3O2. The molecule has 0 N–H and O–H groups in total. The summed E-state index contributed by atoms with van der Waals surface area (Å²) in [6, 6.07) is 16.0. The van der Waals surface area contributed by atoms with E-state index in [0.29, 0.717) is 19.1 Å². The SMILES string of the molecule is COc1ccc(CN(C(=O)/C=C/c2c(C)nn(Cc3ccccc3Cl)c2C)C2CC2)cc1. The van der Waals surface area contributed by atoms with E-state index < -0.39 is 0 Å². The summed E-state index contributed by atoms with van der Waals surface area (Å²) >= 11 is 6.32. The van der Waals surface area contributed by atoms with Gasteiger partial charge in [0.2, 0.25) is 5.91 Å². The third kappa shape index (κ3) is 5.05. The molecule has 1 aliphatic carbocycles. The summed E-state index contributed by atoms with van der Waals surface area (Å²) in [4.78, 5) is 15.0. The molecule has 2 aromatic carbocycles. The van der Waals surface area contributed by atoms with Gasteiger partial charge in [-0.25, -0.2) is 0 Å². The second-order valence-electron chi connectivity index (χ2n) is 8.21. The second-order valence-corrected chi connectivity index (χ2v) is 8.62. The highest BCUT2D eigenvalue weighted by Gasteiger charge is 2.31. The van der Waals surface area contributed by atoms with Crippen molar-refractivity contribution in [1.29, 1.82) is 0 Å². The molecule has 4 rings (SSSR count). The zero-order valence-electron chi connectivity index (χ0n) is 18.7. The van der Waals surface area contributed by atoms with Crippen LogP contribution in [0.5, 0.6) is 5.75 Å². The molecule has 5 nitrogen and oxygen atoms in total. The van der Waals surface area contributed by atoms with Gasteiger partial charge in [-0.15, -0.1) is 0 Å². The summed E-state index contributed by atoms with van der Waals surface area (Å²) < 4.78 is 7.17. The Balaban J connectivity index is 1.49. The molecule has 0 aliphatic heterocycles. The summed E-state index contributed by atoms with van der Waals surface area (Å²) in [5.41, 5.74) is 5.00. The minimum absolute atomic E-state index is 0.0287. The maximum atomic E-state index is 13.1. The first-order valence-corrected chi connectivity index (χ1v) is 11.2. The zero-order chi connectivity index (χ0) is 22.7. The number of nitrogens with zero attached hydrogens (tertiary/aromatic N) is 3. The van der Waals surface area contributed by atoms with E-state index in [0.717, 1.165) is 51.7 Å². The number of rotatable bonds is 8. The van der Waals surface area contributed by atoms with Gasteiger partial charge in [0.25, 0.3) is 0 Å². The molecule has 1 saturated carbocycles. The molecule has 1 aliphatic rings. The highest BCUT2D eigenvalue weighted by molar-refractivity contribution is 6.31. The van der Waals surface area contributed by atoms with E-state index in [1.165, 1.54) is 0 Å². The number of aromatic nitrogens is 2. The summed E-state index contributed by atoms with van der Waals surface area (Å²) in [6.07, 6.45) is 5.69. The van der Waals surface area contributed by atoms with Crippen LogP contribution < -0.4 is 4.74 Å². The number of benzene rings is 2. The molecule has 32 heavy (non-hydrogen) atoms. The number of methoxy groups -OCH3 is 1. The van der Waals surface area contributed by atoms with Gasteiger partial charge in [-0.2, -0.15) is 5.10 Å². The predicted molar refractivity (Wildman–Crippen MR) is 128 cm³/mol. The molecule has 0 saturated heterocycles. The third-order valence-corrected chi connectivity index (χ3v) is 6.26. The van der Waals surface area contributed by atoms with Gasteiger partial charge in [-0.3, -0.25) is 9.48 Å². The molecule has 166 valence electrons. The van der Waals surface area contributed by atoms with E-state index in [4.69, 9.17) is 16.3 Å². The van der Waals surface area contributed by atoms with Crippen LogP contribution >= 0.6 is 11.6 Å². The normalized spacial score (nSPS) is 13.5. The molecule has 0 atom stereocenters. The maximum Gasteiger partial charge on any atom is 0.247 e. The van der Waals surface area contributed by atoms with E-state index in [2.05, 4.69) is 5.10 Å². The van der Waals surface area contributed by atoms with E-state index in [1.54, 1.807) is 13.2 Å². The Kier molecular flexibility index (Phi) is 6.66. The Bertz CT molecular complexity index is 1130. The number of amides is 1. The number of carbonyl (C=O) groups is 1. The van der Waals surface area contributed by atoms with Crippen molar-refractivity contribution in [3.8, 4) is 5.75 Å². The molecule has 0 radical (unpaired) electrons. The van der Waals surface area contributed by atoms with Crippen molar-refractivity contribution < 1.29 is 9.53 Å². The first-order valence-electron chi connectivity index (χ1n) is 10.8. The standard InChI is InChI=1S/C26H28ClN3O2/c1-18-24(19(2)30(28-18)17-21-6-4-5-7-25(21)27)14-15-26(31)29(22-10-11-22)16-20-8-12-23(32-3)13-9-20/h4-9,12-15,22H,10-11,16-17H2,1-3H3/b15-14+. The number of hydrogen-bond acceptors (Lipinski definition) is 3. The number of hydrogen-bond donors (Lipinski definition) is 0. The smallest absolute Gasteiger partial charge is 0.247 e. The van der Waals surface area contributed by atoms with Gasteiger partial charge in [0.1, 0.15) is 5.75 Å². The molecular weight excluding hydrogens is 422 g/mol. The van der Waals surface area contributed by atoms with Crippen molar-refractivity contribution in [1.82, 2.24) is 14.7 Å². The molecule has 0 bridgehead atoms. The summed E-state index contributed by atoms with van der Waals surface area (Å²) in [5.74, 6) is 0.846.